The lowest BCUT2D eigenvalue weighted by molar-refractivity contribution is -0.136. The van der Waals surface area contributed by atoms with Gasteiger partial charge in [0.25, 0.3) is 5.91 Å². The standard InChI is InChI=1S/C25H27N3O6/c1-3-32-25(31)28-12-10-27(11-13-28)24(30)21-17-6-4-5-7-18(17)23(29)26(2)22(21)16-8-9-19-20(14-16)34-15-33-19/h4-9,14,21-22H,3,10-13,15H2,1-2H3/t21-,22+/m1/s1. The fraction of sp³-hybridized carbons (Fsp3) is 0.400. The highest BCUT2D eigenvalue weighted by Crippen LogP contribution is 2.45. The van der Waals surface area contributed by atoms with Crippen molar-refractivity contribution >= 4 is 17.9 Å². The normalized spacial score (nSPS) is 21.4. The van der Waals surface area contributed by atoms with Gasteiger partial charge in [-0.3, -0.25) is 9.59 Å². The number of amides is 3. The summed E-state index contributed by atoms with van der Waals surface area (Å²) in [7, 11) is 1.73. The Kier molecular flexibility index (Phi) is 5.77. The molecule has 0 bridgehead atoms. The van der Waals surface area contributed by atoms with Crippen LogP contribution in [0, 0.1) is 0 Å². The fourth-order valence-corrected chi connectivity index (χ4v) is 4.98. The number of benzene rings is 2. The molecule has 2 aromatic carbocycles. The molecule has 0 radical (unpaired) electrons. The summed E-state index contributed by atoms with van der Waals surface area (Å²) < 4.78 is 16.1. The van der Waals surface area contributed by atoms with Crippen molar-refractivity contribution in [2.45, 2.75) is 18.9 Å². The van der Waals surface area contributed by atoms with Gasteiger partial charge in [-0.25, -0.2) is 4.79 Å². The summed E-state index contributed by atoms with van der Waals surface area (Å²) in [5.74, 6) is 0.458. The molecule has 5 rings (SSSR count). The lowest BCUT2D eigenvalue weighted by atomic mass is 9.79. The predicted octanol–water partition coefficient (Wildman–Crippen LogP) is 2.63. The van der Waals surface area contributed by atoms with E-state index in [1.807, 2.05) is 36.4 Å². The zero-order chi connectivity index (χ0) is 23.8. The first-order valence-electron chi connectivity index (χ1n) is 11.5. The lowest BCUT2D eigenvalue weighted by Crippen LogP contribution is -2.54. The molecule has 0 aromatic heterocycles. The van der Waals surface area contributed by atoms with Gasteiger partial charge in [0, 0.05) is 38.8 Å². The van der Waals surface area contributed by atoms with Crippen molar-refractivity contribution in [1.29, 1.82) is 0 Å². The lowest BCUT2D eigenvalue weighted by Gasteiger charge is -2.43. The molecular formula is C25H27N3O6. The fourth-order valence-electron chi connectivity index (χ4n) is 4.98. The number of piperazine rings is 1. The number of rotatable bonds is 3. The summed E-state index contributed by atoms with van der Waals surface area (Å²) in [6.45, 7) is 3.85. The Morgan fingerprint density at radius 3 is 2.47 bits per heavy atom. The van der Waals surface area contributed by atoms with Gasteiger partial charge in [-0.2, -0.15) is 0 Å². The molecule has 9 heteroatoms. The molecule has 1 saturated heterocycles. The Morgan fingerprint density at radius 1 is 1.00 bits per heavy atom. The van der Waals surface area contributed by atoms with Crippen LogP contribution in [-0.2, 0) is 9.53 Å². The smallest absolute Gasteiger partial charge is 0.409 e. The van der Waals surface area contributed by atoms with Gasteiger partial charge in [0.05, 0.1) is 18.6 Å². The second-order valence-corrected chi connectivity index (χ2v) is 8.55. The molecular weight excluding hydrogens is 438 g/mol. The van der Waals surface area contributed by atoms with Crippen molar-refractivity contribution in [1.82, 2.24) is 14.7 Å². The van der Waals surface area contributed by atoms with E-state index in [0.29, 0.717) is 55.4 Å². The van der Waals surface area contributed by atoms with E-state index < -0.39 is 12.0 Å². The summed E-state index contributed by atoms with van der Waals surface area (Å²) in [6, 6.07) is 12.3. The average molecular weight is 466 g/mol. The molecule has 3 aliphatic heterocycles. The predicted molar refractivity (Wildman–Crippen MR) is 122 cm³/mol. The molecule has 0 aliphatic carbocycles. The molecule has 0 saturated carbocycles. The third-order valence-corrected chi connectivity index (χ3v) is 6.70. The van der Waals surface area contributed by atoms with Crippen molar-refractivity contribution in [3.8, 4) is 11.5 Å². The van der Waals surface area contributed by atoms with Crippen LogP contribution in [0.4, 0.5) is 4.79 Å². The second-order valence-electron chi connectivity index (χ2n) is 8.55. The summed E-state index contributed by atoms with van der Waals surface area (Å²) >= 11 is 0. The van der Waals surface area contributed by atoms with E-state index in [2.05, 4.69) is 0 Å². The minimum absolute atomic E-state index is 0.0713. The van der Waals surface area contributed by atoms with Crippen molar-refractivity contribution < 1.29 is 28.6 Å². The van der Waals surface area contributed by atoms with Gasteiger partial charge in [-0.05, 0) is 36.2 Å². The van der Waals surface area contributed by atoms with Gasteiger partial charge in [-0.15, -0.1) is 0 Å². The van der Waals surface area contributed by atoms with Crippen molar-refractivity contribution in [2.24, 2.45) is 0 Å². The van der Waals surface area contributed by atoms with E-state index in [-0.39, 0.29) is 24.7 Å². The number of carbonyl (C=O) groups is 3. The Hall–Kier alpha value is -3.75. The third-order valence-electron chi connectivity index (χ3n) is 6.70. The van der Waals surface area contributed by atoms with Crippen molar-refractivity contribution in [3.63, 3.8) is 0 Å². The van der Waals surface area contributed by atoms with Crippen LogP contribution < -0.4 is 9.47 Å². The van der Waals surface area contributed by atoms with Crippen molar-refractivity contribution in [3.05, 3.63) is 59.2 Å². The third kappa shape index (κ3) is 3.70. The monoisotopic (exact) mass is 465 g/mol. The van der Waals surface area contributed by atoms with E-state index in [1.54, 1.807) is 34.7 Å². The van der Waals surface area contributed by atoms with Crippen LogP contribution in [0.5, 0.6) is 11.5 Å². The number of nitrogens with zero attached hydrogens (tertiary/aromatic N) is 3. The molecule has 1 fully saturated rings. The maximum atomic E-state index is 14.0. The molecule has 9 nitrogen and oxygen atoms in total. The van der Waals surface area contributed by atoms with Gasteiger partial charge in [0.15, 0.2) is 11.5 Å². The van der Waals surface area contributed by atoms with Gasteiger partial charge in [-0.1, -0.05) is 24.3 Å². The Balaban J connectivity index is 1.48. The first-order valence-corrected chi connectivity index (χ1v) is 11.5. The highest BCUT2D eigenvalue weighted by molar-refractivity contribution is 6.01. The summed E-state index contributed by atoms with van der Waals surface area (Å²) in [5.41, 5.74) is 2.05. The van der Waals surface area contributed by atoms with E-state index in [1.165, 1.54) is 0 Å². The van der Waals surface area contributed by atoms with E-state index >= 15 is 0 Å². The van der Waals surface area contributed by atoms with E-state index in [4.69, 9.17) is 14.2 Å². The molecule has 34 heavy (non-hydrogen) atoms. The van der Waals surface area contributed by atoms with Crippen LogP contribution >= 0.6 is 0 Å². The van der Waals surface area contributed by atoms with Crippen LogP contribution in [0.1, 0.15) is 40.4 Å². The molecule has 0 spiro atoms. The zero-order valence-electron chi connectivity index (χ0n) is 19.2. The minimum atomic E-state index is -0.589. The second kappa shape index (κ2) is 8.89. The molecule has 3 amide bonds. The number of hydrogen-bond donors (Lipinski definition) is 0. The number of ether oxygens (including phenoxy) is 3. The quantitative estimate of drug-likeness (QED) is 0.693. The summed E-state index contributed by atoms with van der Waals surface area (Å²) in [4.78, 5) is 44.3. The van der Waals surface area contributed by atoms with E-state index in [0.717, 1.165) is 5.56 Å². The van der Waals surface area contributed by atoms with Gasteiger partial charge < -0.3 is 28.9 Å². The molecule has 0 unspecified atom stereocenters. The first kappa shape index (κ1) is 22.1. The highest BCUT2D eigenvalue weighted by Gasteiger charge is 2.45. The number of carbonyl (C=O) groups excluding carboxylic acids is 3. The largest absolute Gasteiger partial charge is 0.454 e. The van der Waals surface area contributed by atoms with Crippen molar-refractivity contribution in [2.75, 3.05) is 46.6 Å². The van der Waals surface area contributed by atoms with Crippen LogP contribution in [0.15, 0.2) is 42.5 Å². The summed E-state index contributed by atoms with van der Waals surface area (Å²) in [5, 5.41) is 0. The van der Waals surface area contributed by atoms with Crippen LogP contribution in [-0.4, -0.2) is 79.2 Å². The molecule has 2 atom stereocenters. The molecule has 3 aliphatic rings. The summed E-state index contributed by atoms with van der Waals surface area (Å²) in [6.07, 6.45) is -0.360. The van der Waals surface area contributed by atoms with E-state index in [9.17, 15) is 14.4 Å². The Labute approximate surface area is 197 Å². The number of fused-ring (bicyclic) bond motifs is 2. The molecule has 3 heterocycles. The Bertz CT molecular complexity index is 1130. The number of likely N-dealkylation sites (N-methyl/N-ethyl adjacent to an activating group) is 1. The first-order chi connectivity index (χ1) is 16.5. The average Bonchev–Trinajstić information content (AvgIpc) is 3.34. The SMILES string of the molecule is CCOC(=O)N1CCN(C(=O)[C@@H]2c3ccccc3C(=O)N(C)[C@H]2c2ccc3c(c2)OCO3)CC1. The highest BCUT2D eigenvalue weighted by atomic mass is 16.7. The maximum absolute atomic E-state index is 14.0. The van der Waals surface area contributed by atoms with Crippen LogP contribution in [0.2, 0.25) is 0 Å². The maximum Gasteiger partial charge on any atom is 0.409 e. The zero-order valence-corrected chi connectivity index (χ0v) is 19.2. The number of hydrogen-bond acceptors (Lipinski definition) is 6. The molecule has 178 valence electrons. The molecule has 2 aromatic rings. The van der Waals surface area contributed by atoms with Crippen LogP contribution in [0.25, 0.3) is 0 Å². The van der Waals surface area contributed by atoms with Crippen LogP contribution in [0.3, 0.4) is 0 Å². The molecule has 0 N–H and O–H groups in total. The van der Waals surface area contributed by atoms with Gasteiger partial charge >= 0.3 is 6.09 Å². The van der Waals surface area contributed by atoms with Gasteiger partial charge in [0.2, 0.25) is 12.7 Å². The Morgan fingerprint density at radius 2 is 1.71 bits per heavy atom. The van der Waals surface area contributed by atoms with Gasteiger partial charge in [0.1, 0.15) is 0 Å². The topological polar surface area (TPSA) is 88.6 Å². The minimum Gasteiger partial charge on any atom is -0.454 e.